The second-order valence-corrected chi connectivity index (χ2v) is 4.84. The van der Waals surface area contributed by atoms with Crippen LogP contribution in [0.5, 0.6) is 17.2 Å². The molecule has 23 heavy (non-hydrogen) atoms. The molecule has 2 aromatic rings. The highest BCUT2D eigenvalue weighted by Crippen LogP contribution is 2.35. The normalized spacial score (nSPS) is 10.2. The molecule has 2 rings (SSSR count). The number of benzene rings is 2. The first-order chi connectivity index (χ1) is 11.0. The average molecular weight is 317 g/mol. The van der Waals surface area contributed by atoms with Crippen LogP contribution in [0.15, 0.2) is 36.0 Å². The largest absolute Gasteiger partial charge is 0.504 e. The Labute approximate surface area is 133 Å². The Bertz CT molecular complexity index is 759. The lowest BCUT2D eigenvalue weighted by Crippen LogP contribution is -2.03. The molecule has 5 nitrogen and oxygen atoms in total. The Morgan fingerprint density at radius 2 is 2.09 bits per heavy atom. The maximum absolute atomic E-state index is 14.4. The topological polar surface area (TPSA) is 68.1 Å². The average Bonchev–Trinajstić information content (AvgIpc) is 2.54. The van der Waals surface area contributed by atoms with Crippen LogP contribution < -0.4 is 9.47 Å². The molecule has 0 bridgehead atoms. The number of nitroso groups, excluding NO2 is 1. The van der Waals surface area contributed by atoms with Crippen molar-refractivity contribution in [3.8, 4) is 17.2 Å². The highest BCUT2D eigenvalue weighted by molar-refractivity contribution is 5.57. The van der Waals surface area contributed by atoms with Crippen molar-refractivity contribution in [1.82, 2.24) is 0 Å². The Morgan fingerprint density at radius 1 is 1.35 bits per heavy atom. The first kappa shape index (κ1) is 16.5. The number of nitrogens with zero attached hydrogens (tertiary/aromatic N) is 1. The fourth-order valence-electron chi connectivity index (χ4n) is 2.13. The van der Waals surface area contributed by atoms with Crippen molar-refractivity contribution >= 4 is 11.8 Å². The molecule has 0 aliphatic carbocycles. The number of aryl methyl sites for hydroxylation is 1. The van der Waals surface area contributed by atoms with Gasteiger partial charge in [0, 0.05) is 11.6 Å². The van der Waals surface area contributed by atoms with Crippen LogP contribution >= 0.6 is 0 Å². The van der Waals surface area contributed by atoms with E-state index in [1.807, 2.05) is 0 Å². The first-order valence-corrected chi connectivity index (χ1v) is 6.79. The smallest absolute Gasteiger partial charge is 0.163 e. The number of aromatic hydroxyl groups is 1. The zero-order valence-electron chi connectivity index (χ0n) is 12.8. The molecule has 0 radical (unpaired) electrons. The third-order valence-electron chi connectivity index (χ3n) is 3.42. The van der Waals surface area contributed by atoms with Gasteiger partial charge in [-0.3, -0.25) is 0 Å². The molecule has 0 aromatic heterocycles. The van der Waals surface area contributed by atoms with Crippen molar-refractivity contribution in [1.29, 1.82) is 0 Å². The predicted molar refractivity (Wildman–Crippen MR) is 85.7 cm³/mol. The van der Waals surface area contributed by atoms with Crippen LogP contribution in [0, 0.1) is 17.6 Å². The van der Waals surface area contributed by atoms with E-state index in [-0.39, 0.29) is 29.4 Å². The monoisotopic (exact) mass is 317 g/mol. The highest BCUT2D eigenvalue weighted by Gasteiger charge is 2.15. The molecule has 0 heterocycles. The maximum atomic E-state index is 14.4. The quantitative estimate of drug-likeness (QED) is 0.798. The number of ether oxygens (including phenoxy) is 2. The number of rotatable bonds is 6. The van der Waals surface area contributed by atoms with Crippen LogP contribution in [0.3, 0.4) is 0 Å². The first-order valence-electron chi connectivity index (χ1n) is 6.79. The molecule has 6 heteroatoms. The van der Waals surface area contributed by atoms with Crippen molar-refractivity contribution in [3.63, 3.8) is 0 Å². The molecule has 2 aromatic carbocycles. The standard InChI is InChI=1S/C17H16FNO4/c1-4-11-5-6-15(22-3)12(17(11)18)9-23-16-8-13(19-21)10(2)7-14(16)20/h4-8,20H,1,9H2,2-3H3. The van der Waals surface area contributed by atoms with E-state index in [1.165, 1.54) is 25.3 Å². The zero-order valence-corrected chi connectivity index (χ0v) is 12.8. The number of phenolic OH excluding ortho intramolecular Hbond substituents is 1. The van der Waals surface area contributed by atoms with Gasteiger partial charge in [0.2, 0.25) is 0 Å². The van der Waals surface area contributed by atoms with E-state index in [0.29, 0.717) is 16.9 Å². The van der Waals surface area contributed by atoms with Gasteiger partial charge in [-0.1, -0.05) is 12.7 Å². The molecule has 0 spiro atoms. The highest BCUT2D eigenvalue weighted by atomic mass is 19.1. The third-order valence-corrected chi connectivity index (χ3v) is 3.42. The molecule has 0 saturated carbocycles. The van der Waals surface area contributed by atoms with E-state index in [2.05, 4.69) is 11.8 Å². The molecule has 0 unspecified atom stereocenters. The van der Waals surface area contributed by atoms with Gasteiger partial charge < -0.3 is 14.6 Å². The summed E-state index contributed by atoms with van der Waals surface area (Å²) in [6.45, 7) is 4.99. The molecular formula is C17H16FNO4. The van der Waals surface area contributed by atoms with Gasteiger partial charge in [-0.25, -0.2) is 4.39 Å². The summed E-state index contributed by atoms with van der Waals surface area (Å²) in [5.74, 6) is -0.321. The van der Waals surface area contributed by atoms with E-state index in [4.69, 9.17) is 9.47 Å². The molecule has 0 fully saturated rings. The molecule has 0 atom stereocenters. The summed E-state index contributed by atoms with van der Waals surface area (Å²) in [6, 6.07) is 5.81. The van der Waals surface area contributed by atoms with Crippen molar-refractivity contribution in [3.05, 3.63) is 58.3 Å². The van der Waals surface area contributed by atoms with Crippen LogP contribution in [0.2, 0.25) is 0 Å². The van der Waals surface area contributed by atoms with Gasteiger partial charge in [0.15, 0.2) is 11.5 Å². The van der Waals surface area contributed by atoms with Crippen LogP contribution in [0.4, 0.5) is 10.1 Å². The van der Waals surface area contributed by atoms with Crippen molar-refractivity contribution in [2.75, 3.05) is 7.11 Å². The van der Waals surface area contributed by atoms with Crippen LogP contribution in [0.1, 0.15) is 16.7 Å². The minimum absolute atomic E-state index is 0.0376. The molecule has 0 amide bonds. The van der Waals surface area contributed by atoms with Crippen molar-refractivity contribution in [2.45, 2.75) is 13.5 Å². The van der Waals surface area contributed by atoms with Gasteiger partial charge in [-0.2, -0.15) is 0 Å². The molecule has 0 aliphatic rings. The molecule has 0 aliphatic heterocycles. The van der Waals surface area contributed by atoms with Gasteiger partial charge in [0.05, 0.1) is 12.7 Å². The summed E-state index contributed by atoms with van der Waals surface area (Å²) < 4.78 is 24.9. The lowest BCUT2D eigenvalue weighted by atomic mass is 10.1. The van der Waals surface area contributed by atoms with Gasteiger partial charge >= 0.3 is 0 Å². The maximum Gasteiger partial charge on any atom is 0.163 e. The Balaban J connectivity index is 2.34. The fourth-order valence-corrected chi connectivity index (χ4v) is 2.13. The van der Waals surface area contributed by atoms with Crippen LogP contribution in [0.25, 0.3) is 6.08 Å². The summed E-state index contributed by atoms with van der Waals surface area (Å²) in [5, 5.41) is 12.7. The van der Waals surface area contributed by atoms with E-state index < -0.39 is 5.82 Å². The van der Waals surface area contributed by atoms with Gasteiger partial charge in [-0.15, -0.1) is 4.91 Å². The lowest BCUT2D eigenvalue weighted by Gasteiger charge is -2.14. The molecule has 0 saturated heterocycles. The number of methoxy groups -OCH3 is 1. The van der Waals surface area contributed by atoms with Gasteiger partial charge in [0.1, 0.15) is 23.9 Å². The fraction of sp³-hybridized carbons (Fsp3) is 0.176. The minimum Gasteiger partial charge on any atom is -0.504 e. The minimum atomic E-state index is -0.514. The number of hydrogen-bond donors (Lipinski definition) is 1. The third kappa shape index (κ3) is 3.31. The second-order valence-electron chi connectivity index (χ2n) is 4.84. The zero-order chi connectivity index (χ0) is 17.0. The van der Waals surface area contributed by atoms with E-state index in [9.17, 15) is 14.4 Å². The second kappa shape index (κ2) is 6.91. The molecule has 1 N–H and O–H groups in total. The Hall–Kier alpha value is -2.89. The van der Waals surface area contributed by atoms with Crippen LogP contribution in [-0.4, -0.2) is 12.2 Å². The summed E-state index contributed by atoms with van der Waals surface area (Å²) in [4.78, 5) is 10.7. The summed E-state index contributed by atoms with van der Waals surface area (Å²) in [7, 11) is 1.42. The predicted octanol–water partition coefficient (Wildman–Crippen LogP) is 4.47. The van der Waals surface area contributed by atoms with Gasteiger partial charge in [0.25, 0.3) is 0 Å². The number of phenols is 1. The van der Waals surface area contributed by atoms with Crippen molar-refractivity contribution in [2.24, 2.45) is 5.18 Å². The molecule has 120 valence electrons. The Morgan fingerprint density at radius 3 is 2.70 bits per heavy atom. The summed E-state index contributed by atoms with van der Waals surface area (Å²) >= 11 is 0. The number of halogens is 1. The summed E-state index contributed by atoms with van der Waals surface area (Å²) in [6.07, 6.45) is 1.38. The van der Waals surface area contributed by atoms with E-state index in [0.717, 1.165) is 0 Å². The SMILES string of the molecule is C=Cc1ccc(OC)c(COc2cc(N=O)c(C)cc2O)c1F. The van der Waals surface area contributed by atoms with E-state index in [1.54, 1.807) is 19.1 Å². The number of hydrogen-bond acceptors (Lipinski definition) is 5. The molecular weight excluding hydrogens is 301 g/mol. The van der Waals surface area contributed by atoms with E-state index >= 15 is 0 Å². The van der Waals surface area contributed by atoms with Gasteiger partial charge in [-0.05, 0) is 35.9 Å². The lowest BCUT2D eigenvalue weighted by molar-refractivity contribution is 0.275. The summed E-state index contributed by atoms with van der Waals surface area (Å²) in [5.41, 5.74) is 1.16. The van der Waals surface area contributed by atoms with Crippen molar-refractivity contribution < 1.29 is 19.0 Å². The Kier molecular flexibility index (Phi) is 4.95. The van der Waals surface area contributed by atoms with Crippen LogP contribution in [-0.2, 0) is 6.61 Å².